The smallest absolute Gasteiger partial charge is 0.255 e. The molecule has 2 N–H and O–H groups in total. The Hall–Kier alpha value is -2.20. The van der Waals surface area contributed by atoms with Crippen molar-refractivity contribution in [2.45, 2.75) is 6.42 Å². The molecule has 1 aliphatic rings. The predicted octanol–water partition coefficient (Wildman–Crippen LogP) is 3.57. The monoisotopic (exact) mass is 302 g/mol. The van der Waals surface area contributed by atoms with Crippen LogP contribution in [0.5, 0.6) is 5.75 Å². The lowest BCUT2D eigenvalue weighted by molar-refractivity contribution is 0.102. The molecule has 0 atom stereocenters. The summed E-state index contributed by atoms with van der Waals surface area (Å²) in [4.78, 5) is 12.3. The van der Waals surface area contributed by atoms with Gasteiger partial charge in [0, 0.05) is 29.5 Å². The van der Waals surface area contributed by atoms with Gasteiger partial charge in [-0.3, -0.25) is 4.79 Å². The maximum absolute atomic E-state index is 12.3. The van der Waals surface area contributed by atoms with Gasteiger partial charge in [-0.1, -0.05) is 17.7 Å². The summed E-state index contributed by atoms with van der Waals surface area (Å²) in [5.41, 5.74) is 3.56. The van der Waals surface area contributed by atoms with Gasteiger partial charge in [0.25, 0.3) is 5.91 Å². The number of methoxy groups -OCH3 is 1. The average Bonchev–Trinajstić information content (AvgIpc) is 2.96. The number of benzene rings is 2. The largest absolute Gasteiger partial charge is 0.495 e. The number of halogens is 1. The second-order valence-corrected chi connectivity index (χ2v) is 5.26. The fourth-order valence-electron chi connectivity index (χ4n) is 2.37. The van der Waals surface area contributed by atoms with Crippen molar-refractivity contribution in [1.82, 2.24) is 0 Å². The van der Waals surface area contributed by atoms with E-state index in [1.165, 1.54) is 5.56 Å². The first-order chi connectivity index (χ1) is 10.2. The standard InChI is InChI=1S/C16H15ClN2O2/c1-21-15-9-12(4-5-13(15)17)19-16(20)11-3-2-10-6-7-18-14(10)8-11/h2-5,8-9,18H,6-7H2,1H3,(H,19,20). The summed E-state index contributed by atoms with van der Waals surface area (Å²) < 4.78 is 5.14. The second-order valence-electron chi connectivity index (χ2n) is 4.85. The topological polar surface area (TPSA) is 50.4 Å². The first-order valence-corrected chi connectivity index (χ1v) is 7.07. The molecular weight excluding hydrogens is 288 g/mol. The molecule has 3 rings (SSSR count). The Balaban J connectivity index is 1.80. The Kier molecular flexibility index (Phi) is 3.71. The molecule has 0 saturated carbocycles. The van der Waals surface area contributed by atoms with Crippen LogP contribution >= 0.6 is 11.6 Å². The summed E-state index contributed by atoms with van der Waals surface area (Å²) in [6.45, 7) is 0.925. The maximum atomic E-state index is 12.3. The number of hydrogen-bond donors (Lipinski definition) is 2. The van der Waals surface area contributed by atoms with E-state index in [1.807, 2.05) is 18.2 Å². The lowest BCUT2D eigenvalue weighted by atomic mass is 10.1. The molecular formula is C16H15ClN2O2. The number of ether oxygens (including phenoxy) is 1. The van der Waals surface area contributed by atoms with E-state index in [1.54, 1.807) is 25.3 Å². The summed E-state index contributed by atoms with van der Waals surface area (Å²) in [7, 11) is 1.54. The zero-order chi connectivity index (χ0) is 14.8. The Morgan fingerprint density at radius 3 is 2.95 bits per heavy atom. The lowest BCUT2D eigenvalue weighted by Gasteiger charge is -2.09. The minimum atomic E-state index is -0.157. The normalized spacial score (nSPS) is 12.5. The van der Waals surface area contributed by atoms with Crippen LogP contribution in [-0.4, -0.2) is 19.6 Å². The van der Waals surface area contributed by atoms with Gasteiger partial charge in [0.2, 0.25) is 0 Å². The summed E-state index contributed by atoms with van der Waals surface area (Å²) in [6, 6.07) is 10.9. The third-order valence-electron chi connectivity index (χ3n) is 3.49. The fraction of sp³-hybridized carbons (Fsp3) is 0.188. The summed E-state index contributed by atoms with van der Waals surface area (Å²) in [5, 5.41) is 6.62. The van der Waals surface area contributed by atoms with E-state index >= 15 is 0 Å². The van der Waals surface area contributed by atoms with Crippen molar-refractivity contribution in [3.05, 3.63) is 52.5 Å². The van der Waals surface area contributed by atoms with Gasteiger partial charge >= 0.3 is 0 Å². The molecule has 21 heavy (non-hydrogen) atoms. The highest BCUT2D eigenvalue weighted by Gasteiger charge is 2.14. The zero-order valence-corrected chi connectivity index (χ0v) is 12.3. The number of carbonyl (C=O) groups excluding carboxylic acids is 1. The van der Waals surface area contributed by atoms with Gasteiger partial charge in [-0.2, -0.15) is 0 Å². The van der Waals surface area contributed by atoms with Crippen molar-refractivity contribution < 1.29 is 9.53 Å². The molecule has 4 nitrogen and oxygen atoms in total. The predicted molar refractivity (Wildman–Crippen MR) is 84.6 cm³/mol. The average molecular weight is 303 g/mol. The Bertz CT molecular complexity index is 701. The molecule has 0 aromatic heterocycles. The molecule has 0 unspecified atom stereocenters. The van der Waals surface area contributed by atoms with Gasteiger partial charge < -0.3 is 15.4 Å². The van der Waals surface area contributed by atoms with Crippen LogP contribution in [-0.2, 0) is 6.42 Å². The van der Waals surface area contributed by atoms with Crippen LogP contribution in [0.3, 0.4) is 0 Å². The molecule has 0 bridgehead atoms. The number of anilines is 2. The molecule has 0 spiro atoms. The van der Waals surface area contributed by atoms with Gasteiger partial charge in [-0.15, -0.1) is 0 Å². The lowest BCUT2D eigenvalue weighted by Crippen LogP contribution is -2.12. The van der Waals surface area contributed by atoms with Crippen molar-refractivity contribution >= 4 is 28.9 Å². The van der Waals surface area contributed by atoms with E-state index in [2.05, 4.69) is 10.6 Å². The van der Waals surface area contributed by atoms with Gasteiger partial charge in [0.05, 0.1) is 12.1 Å². The van der Waals surface area contributed by atoms with Crippen LogP contribution in [0.4, 0.5) is 11.4 Å². The Morgan fingerprint density at radius 1 is 1.29 bits per heavy atom. The van der Waals surface area contributed by atoms with Crippen LogP contribution in [0, 0.1) is 0 Å². The Labute approximate surface area is 128 Å². The molecule has 0 aliphatic carbocycles. The molecule has 1 heterocycles. The number of hydrogen-bond acceptors (Lipinski definition) is 3. The third-order valence-corrected chi connectivity index (χ3v) is 3.80. The van der Waals surface area contributed by atoms with E-state index in [4.69, 9.17) is 16.3 Å². The van der Waals surface area contributed by atoms with Crippen LogP contribution < -0.4 is 15.4 Å². The minimum Gasteiger partial charge on any atom is -0.495 e. The molecule has 1 aliphatic heterocycles. The van der Waals surface area contributed by atoms with Crippen molar-refractivity contribution in [3.8, 4) is 5.75 Å². The SMILES string of the molecule is COc1cc(NC(=O)c2ccc3c(c2)NCC3)ccc1Cl. The van der Waals surface area contributed by atoms with E-state index in [9.17, 15) is 4.79 Å². The van der Waals surface area contributed by atoms with Gasteiger partial charge in [0.1, 0.15) is 5.75 Å². The molecule has 0 saturated heterocycles. The molecule has 108 valence electrons. The van der Waals surface area contributed by atoms with Crippen molar-refractivity contribution in [1.29, 1.82) is 0 Å². The summed E-state index contributed by atoms with van der Waals surface area (Å²) in [6.07, 6.45) is 1.01. The van der Waals surface area contributed by atoms with Crippen LogP contribution in [0.15, 0.2) is 36.4 Å². The molecule has 0 radical (unpaired) electrons. The highest BCUT2D eigenvalue weighted by Crippen LogP contribution is 2.28. The first kappa shape index (κ1) is 13.8. The van der Waals surface area contributed by atoms with Gasteiger partial charge in [-0.05, 0) is 36.2 Å². The Morgan fingerprint density at radius 2 is 2.14 bits per heavy atom. The van der Waals surface area contributed by atoms with Crippen LogP contribution in [0.1, 0.15) is 15.9 Å². The van der Waals surface area contributed by atoms with Crippen molar-refractivity contribution in [3.63, 3.8) is 0 Å². The second kappa shape index (κ2) is 5.66. The van der Waals surface area contributed by atoms with E-state index in [0.717, 1.165) is 18.7 Å². The fourth-order valence-corrected chi connectivity index (χ4v) is 2.57. The van der Waals surface area contributed by atoms with Crippen molar-refractivity contribution in [2.75, 3.05) is 24.3 Å². The minimum absolute atomic E-state index is 0.157. The molecule has 0 fully saturated rings. The highest BCUT2D eigenvalue weighted by atomic mass is 35.5. The van der Waals surface area contributed by atoms with Crippen LogP contribution in [0.25, 0.3) is 0 Å². The van der Waals surface area contributed by atoms with E-state index in [-0.39, 0.29) is 5.91 Å². The van der Waals surface area contributed by atoms with E-state index < -0.39 is 0 Å². The molecule has 1 amide bonds. The number of fused-ring (bicyclic) bond motifs is 1. The quantitative estimate of drug-likeness (QED) is 0.911. The molecule has 5 heteroatoms. The summed E-state index contributed by atoms with van der Waals surface area (Å²) in [5.74, 6) is 0.376. The first-order valence-electron chi connectivity index (χ1n) is 6.69. The number of carbonyl (C=O) groups is 1. The zero-order valence-electron chi connectivity index (χ0n) is 11.6. The maximum Gasteiger partial charge on any atom is 0.255 e. The summed E-state index contributed by atoms with van der Waals surface area (Å²) >= 11 is 5.97. The number of nitrogens with one attached hydrogen (secondary N) is 2. The third kappa shape index (κ3) is 2.81. The van der Waals surface area contributed by atoms with Crippen molar-refractivity contribution in [2.24, 2.45) is 0 Å². The van der Waals surface area contributed by atoms with Crippen LogP contribution in [0.2, 0.25) is 5.02 Å². The molecule has 2 aromatic rings. The molecule has 2 aromatic carbocycles. The van der Waals surface area contributed by atoms with Gasteiger partial charge in [-0.25, -0.2) is 0 Å². The van der Waals surface area contributed by atoms with E-state index in [0.29, 0.717) is 22.0 Å². The highest BCUT2D eigenvalue weighted by molar-refractivity contribution is 6.32. The number of amides is 1. The van der Waals surface area contributed by atoms with Gasteiger partial charge in [0.15, 0.2) is 0 Å². The number of rotatable bonds is 3.